The van der Waals surface area contributed by atoms with Crippen LogP contribution in [0.3, 0.4) is 0 Å². The van der Waals surface area contributed by atoms with Gasteiger partial charge in [-0.3, -0.25) is 14.4 Å². The summed E-state index contributed by atoms with van der Waals surface area (Å²) < 4.78 is 16.9. The average Bonchev–Trinajstić information content (AvgIpc) is 3.41. The molecule has 0 aliphatic heterocycles. The Morgan fingerprint density at radius 3 is 0.533 bits per heavy atom. The number of ether oxygens (including phenoxy) is 3. The fourth-order valence-electron chi connectivity index (χ4n) is 10.9. The molecule has 0 aliphatic carbocycles. The molecule has 0 saturated carbocycles. The third-order valence-electron chi connectivity index (χ3n) is 16.1. The lowest BCUT2D eigenvalue weighted by Gasteiger charge is -2.18. The van der Waals surface area contributed by atoms with E-state index in [-0.39, 0.29) is 31.1 Å². The van der Waals surface area contributed by atoms with Crippen molar-refractivity contribution in [3.05, 3.63) is 0 Å². The minimum absolute atomic E-state index is 0.0608. The fraction of sp³-hybridized carbons (Fsp3) is 0.957. The minimum atomic E-state index is -0.761. The summed E-state index contributed by atoms with van der Waals surface area (Å²) in [5.41, 5.74) is 0. The first-order valence-electron chi connectivity index (χ1n) is 34.5. The molecule has 1 unspecified atom stereocenters. The van der Waals surface area contributed by atoms with E-state index in [2.05, 4.69) is 20.8 Å². The number of rotatable bonds is 65. The highest BCUT2D eigenvalue weighted by Gasteiger charge is 2.19. The summed E-state index contributed by atoms with van der Waals surface area (Å²) in [6, 6.07) is 0. The molecule has 0 rings (SSSR count). The van der Waals surface area contributed by atoms with E-state index in [1.54, 1.807) is 0 Å². The van der Waals surface area contributed by atoms with Crippen LogP contribution in [0.15, 0.2) is 0 Å². The molecule has 0 radical (unpaired) electrons. The summed E-state index contributed by atoms with van der Waals surface area (Å²) in [5.74, 6) is -0.828. The van der Waals surface area contributed by atoms with Gasteiger partial charge in [0.1, 0.15) is 13.2 Å². The van der Waals surface area contributed by atoms with Gasteiger partial charge >= 0.3 is 17.9 Å². The molecule has 0 saturated heterocycles. The van der Waals surface area contributed by atoms with E-state index in [1.165, 1.54) is 308 Å². The zero-order chi connectivity index (χ0) is 54.3. The second-order valence-corrected chi connectivity index (χ2v) is 23.8. The molecule has 0 spiro atoms. The number of carbonyl (C=O) groups is 3. The Hall–Kier alpha value is -1.59. The van der Waals surface area contributed by atoms with Gasteiger partial charge in [0.2, 0.25) is 0 Å². The maximum atomic E-state index is 12.9. The molecule has 0 aromatic carbocycles. The molecular weight excluding hydrogens is 925 g/mol. The van der Waals surface area contributed by atoms with Crippen LogP contribution in [-0.2, 0) is 28.6 Å². The first-order valence-corrected chi connectivity index (χ1v) is 34.5. The highest BCUT2D eigenvalue weighted by molar-refractivity contribution is 5.71. The van der Waals surface area contributed by atoms with Crippen LogP contribution in [0.1, 0.15) is 406 Å². The van der Waals surface area contributed by atoms with E-state index in [0.29, 0.717) is 19.3 Å². The molecule has 1 atom stereocenters. The van der Waals surface area contributed by atoms with Gasteiger partial charge in [0.15, 0.2) is 6.10 Å². The fourth-order valence-corrected chi connectivity index (χ4v) is 10.9. The van der Waals surface area contributed by atoms with Gasteiger partial charge in [-0.25, -0.2) is 0 Å². The predicted octanol–water partition coefficient (Wildman–Crippen LogP) is 23.5. The Kier molecular flexibility index (Phi) is 63.6. The normalized spacial score (nSPS) is 11.9. The minimum Gasteiger partial charge on any atom is -0.462 e. The molecular formula is C69H134O6. The highest BCUT2D eigenvalue weighted by Crippen LogP contribution is 2.19. The second-order valence-electron chi connectivity index (χ2n) is 23.8. The van der Waals surface area contributed by atoms with Crippen molar-refractivity contribution in [2.75, 3.05) is 13.2 Å². The Balaban J connectivity index is 4.00. The first kappa shape index (κ1) is 73.4. The molecule has 446 valence electrons. The van der Waals surface area contributed by atoms with Crippen LogP contribution < -0.4 is 0 Å². The monoisotopic (exact) mass is 1060 g/mol. The average molecular weight is 1060 g/mol. The maximum absolute atomic E-state index is 12.9. The zero-order valence-corrected chi connectivity index (χ0v) is 51.4. The number of unbranched alkanes of at least 4 members (excludes halogenated alkanes) is 54. The third kappa shape index (κ3) is 63.1. The van der Waals surface area contributed by atoms with Gasteiger partial charge in [0.25, 0.3) is 0 Å². The summed E-state index contributed by atoms with van der Waals surface area (Å²) in [5, 5.41) is 0. The number of esters is 3. The van der Waals surface area contributed by atoms with E-state index in [4.69, 9.17) is 14.2 Å². The SMILES string of the molecule is CCCCCCCCCCCCCCCCCCCCCCCCCCCCCCCCCCC(=O)OCC(COC(=O)CCCCCCCCCCCCC)OC(=O)CCCCCCCCCCCCCCCC. The molecule has 6 nitrogen and oxygen atoms in total. The van der Waals surface area contributed by atoms with Crippen LogP contribution in [0.4, 0.5) is 0 Å². The standard InChI is InChI=1S/C69H134O6/c1-4-7-10-13-16-19-22-24-26-27-28-29-30-31-32-33-34-35-36-37-38-39-40-41-42-43-45-47-50-53-56-59-62-68(71)74-65-66(64-73-67(70)61-58-55-52-49-46-21-18-15-12-9-6-3)75-69(72)63-60-57-54-51-48-44-25-23-20-17-14-11-8-5-2/h66H,4-65H2,1-3H3. The Labute approximate surface area is 469 Å². The predicted molar refractivity (Wildman–Crippen MR) is 326 cm³/mol. The second kappa shape index (κ2) is 64.9. The third-order valence-corrected chi connectivity index (χ3v) is 16.1. The van der Waals surface area contributed by atoms with Crippen molar-refractivity contribution in [2.45, 2.75) is 412 Å². The molecule has 0 bridgehead atoms. The van der Waals surface area contributed by atoms with Crippen molar-refractivity contribution in [2.24, 2.45) is 0 Å². The molecule has 0 aromatic heterocycles. The van der Waals surface area contributed by atoms with Crippen molar-refractivity contribution in [3.63, 3.8) is 0 Å². The molecule has 0 aromatic rings. The quantitative estimate of drug-likeness (QED) is 0.0343. The zero-order valence-electron chi connectivity index (χ0n) is 51.4. The summed E-state index contributed by atoms with van der Waals surface area (Å²) in [6.07, 6.45) is 75.8. The lowest BCUT2D eigenvalue weighted by molar-refractivity contribution is -0.167. The summed E-state index contributed by atoms with van der Waals surface area (Å²) >= 11 is 0. The van der Waals surface area contributed by atoms with E-state index in [0.717, 1.165) is 57.8 Å². The van der Waals surface area contributed by atoms with Crippen LogP contribution >= 0.6 is 0 Å². The summed E-state index contributed by atoms with van der Waals surface area (Å²) in [6.45, 7) is 6.71. The first-order chi connectivity index (χ1) is 37.0. The molecule has 0 amide bonds. The Morgan fingerprint density at radius 2 is 0.360 bits per heavy atom. The number of hydrogen-bond donors (Lipinski definition) is 0. The van der Waals surface area contributed by atoms with Gasteiger partial charge in [-0.15, -0.1) is 0 Å². The van der Waals surface area contributed by atoms with Crippen molar-refractivity contribution in [1.29, 1.82) is 0 Å². The van der Waals surface area contributed by atoms with Crippen LogP contribution in [0.2, 0.25) is 0 Å². The van der Waals surface area contributed by atoms with Crippen molar-refractivity contribution >= 4 is 17.9 Å². The topological polar surface area (TPSA) is 78.9 Å². The summed E-state index contributed by atoms with van der Waals surface area (Å²) in [4.78, 5) is 38.2. The van der Waals surface area contributed by atoms with Gasteiger partial charge in [-0.2, -0.15) is 0 Å². The van der Waals surface area contributed by atoms with Crippen molar-refractivity contribution in [3.8, 4) is 0 Å². The number of hydrogen-bond acceptors (Lipinski definition) is 6. The molecule has 0 fully saturated rings. The highest BCUT2D eigenvalue weighted by atomic mass is 16.6. The Bertz CT molecular complexity index is 1120. The lowest BCUT2D eigenvalue weighted by atomic mass is 10.0. The van der Waals surface area contributed by atoms with Crippen molar-refractivity contribution in [1.82, 2.24) is 0 Å². The summed E-state index contributed by atoms with van der Waals surface area (Å²) in [7, 11) is 0. The van der Waals surface area contributed by atoms with Gasteiger partial charge in [-0.05, 0) is 19.3 Å². The molecule has 0 aliphatic rings. The van der Waals surface area contributed by atoms with E-state index < -0.39 is 6.10 Å². The van der Waals surface area contributed by atoms with E-state index in [1.807, 2.05) is 0 Å². The lowest BCUT2D eigenvalue weighted by Crippen LogP contribution is -2.30. The van der Waals surface area contributed by atoms with E-state index in [9.17, 15) is 14.4 Å². The molecule has 6 heteroatoms. The molecule has 0 heterocycles. The number of carbonyl (C=O) groups excluding carboxylic acids is 3. The van der Waals surface area contributed by atoms with Crippen LogP contribution in [0.5, 0.6) is 0 Å². The smallest absolute Gasteiger partial charge is 0.306 e. The van der Waals surface area contributed by atoms with Crippen LogP contribution in [0.25, 0.3) is 0 Å². The molecule has 75 heavy (non-hydrogen) atoms. The van der Waals surface area contributed by atoms with Crippen LogP contribution in [0, 0.1) is 0 Å². The van der Waals surface area contributed by atoms with E-state index >= 15 is 0 Å². The van der Waals surface area contributed by atoms with Gasteiger partial charge < -0.3 is 14.2 Å². The van der Waals surface area contributed by atoms with Gasteiger partial charge in [0.05, 0.1) is 0 Å². The molecule has 0 N–H and O–H groups in total. The largest absolute Gasteiger partial charge is 0.462 e. The Morgan fingerprint density at radius 1 is 0.213 bits per heavy atom. The van der Waals surface area contributed by atoms with Crippen LogP contribution in [-0.4, -0.2) is 37.2 Å². The van der Waals surface area contributed by atoms with Crippen molar-refractivity contribution < 1.29 is 28.6 Å². The maximum Gasteiger partial charge on any atom is 0.306 e. The van der Waals surface area contributed by atoms with Gasteiger partial charge in [-0.1, -0.05) is 367 Å². The van der Waals surface area contributed by atoms with Gasteiger partial charge in [0, 0.05) is 19.3 Å².